The fourth-order valence-electron chi connectivity index (χ4n) is 5.63. The number of pyridine rings is 2. The number of hydrogen-bond donors (Lipinski definition) is 1. The minimum absolute atomic E-state index is 0.0854. The lowest BCUT2D eigenvalue weighted by atomic mass is 10.0. The molecule has 210 valence electrons. The summed E-state index contributed by atoms with van der Waals surface area (Å²) in [5, 5.41) is 12.6. The van der Waals surface area contributed by atoms with Gasteiger partial charge in [0.25, 0.3) is 0 Å². The summed E-state index contributed by atoms with van der Waals surface area (Å²) in [6.45, 7) is 1.05. The molecule has 1 aliphatic carbocycles. The summed E-state index contributed by atoms with van der Waals surface area (Å²) in [6, 6.07) is 28.3. The lowest BCUT2D eigenvalue weighted by Gasteiger charge is -2.20. The van der Waals surface area contributed by atoms with Gasteiger partial charge in [-0.25, -0.2) is 9.67 Å². The van der Waals surface area contributed by atoms with Crippen molar-refractivity contribution in [3.63, 3.8) is 0 Å². The zero-order valence-electron chi connectivity index (χ0n) is 23.8. The highest BCUT2D eigenvalue weighted by Gasteiger charge is 2.19. The average Bonchev–Trinajstić information content (AvgIpc) is 3.75. The third kappa shape index (κ3) is 6.40. The second kappa shape index (κ2) is 12.8. The third-order valence-electron chi connectivity index (χ3n) is 7.77. The van der Waals surface area contributed by atoms with Crippen LogP contribution >= 0.6 is 0 Å². The van der Waals surface area contributed by atoms with Crippen LogP contribution in [0.4, 0.5) is 5.82 Å². The van der Waals surface area contributed by atoms with Crippen LogP contribution in [0.5, 0.6) is 0 Å². The fraction of sp³-hybridized carbons (Fsp3) is 0.257. The molecule has 7 nitrogen and oxygen atoms in total. The van der Waals surface area contributed by atoms with Crippen molar-refractivity contribution >= 4 is 5.82 Å². The Balaban J connectivity index is 1.32. The van der Waals surface area contributed by atoms with Crippen LogP contribution in [0.1, 0.15) is 60.2 Å². The van der Waals surface area contributed by atoms with Gasteiger partial charge in [-0.05, 0) is 54.8 Å². The van der Waals surface area contributed by atoms with Crippen LogP contribution in [0.25, 0.3) is 22.5 Å². The second-order valence-corrected chi connectivity index (χ2v) is 10.8. The number of ether oxygens (including phenoxy) is 1. The van der Waals surface area contributed by atoms with Crippen molar-refractivity contribution in [1.29, 1.82) is 0 Å². The van der Waals surface area contributed by atoms with Gasteiger partial charge in [-0.15, -0.1) is 11.5 Å². The van der Waals surface area contributed by atoms with E-state index in [0.29, 0.717) is 24.9 Å². The molecule has 1 saturated carbocycles. The van der Waals surface area contributed by atoms with Crippen molar-refractivity contribution in [2.24, 2.45) is 0 Å². The molecule has 0 bridgehead atoms. The monoisotopic (exact) mass is 554 g/mol. The molecule has 3 heterocycles. The highest BCUT2D eigenvalue weighted by molar-refractivity contribution is 5.72. The van der Waals surface area contributed by atoms with Crippen molar-refractivity contribution in [1.82, 2.24) is 25.0 Å². The van der Waals surface area contributed by atoms with Gasteiger partial charge >= 0.3 is 0 Å². The minimum atomic E-state index is -0.0854. The van der Waals surface area contributed by atoms with E-state index >= 15 is 0 Å². The summed E-state index contributed by atoms with van der Waals surface area (Å²) >= 11 is 0. The zero-order chi connectivity index (χ0) is 28.7. The van der Waals surface area contributed by atoms with E-state index in [1.807, 2.05) is 65.5 Å². The second-order valence-electron chi connectivity index (χ2n) is 10.8. The molecule has 0 unspecified atom stereocenters. The zero-order valence-corrected chi connectivity index (χ0v) is 23.8. The number of nitrogens with one attached hydrogen (secondary N) is 1. The van der Waals surface area contributed by atoms with Crippen LogP contribution in [0, 0.1) is 12.3 Å². The fourth-order valence-corrected chi connectivity index (χ4v) is 5.63. The van der Waals surface area contributed by atoms with Gasteiger partial charge in [-0.3, -0.25) is 4.98 Å². The van der Waals surface area contributed by atoms with Gasteiger partial charge in [0.15, 0.2) is 0 Å². The predicted octanol–water partition coefficient (Wildman–Crippen LogP) is 6.89. The predicted molar refractivity (Wildman–Crippen MR) is 166 cm³/mol. The first-order chi connectivity index (χ1) is 20.7. The van der Waals surface area contributed by atoms with Gasteiger partial charge in [0.1, 0.15) is 11.5 Å². The van der Waals surface area contributed by atoms with E-state index < -0.39 is 0 Å². The number of nitrogens with zero attached hydrogens (tertiary/aromatic N) is 5. The third-order valence-corrected chi connectivity index (χ3v) is 7.77. The molecule has 1 atom stereocenters. The molecule has 6 rings (SSSR count). The van der Waals surface area contributed by atoms with Crippen LogP contribution in [0.3, 0.4) is 0 Å². The maximum absolute atomic E-state index is 5.70. The molecule has 5 aromatic rings. The summed E-state index contributed by atoms with van der Waals surface area (Å²) in [6.07, 6.45) is 12.7. The van der Waals surface area contributed by atoms with Crippen molar-refractivity contribution in [3.05, 3.63) is 114 Å². The Hall–Kier alpha value is -4.80. The van der Waals surface area contributed by atoms with Crippen LogP contribution in [-0.2, 0) is 11.3 Å². The quantitative estimate of drug-likeness (QED) is 0.190. The highest BCUT2D eigenvalue weighted by Crippen LogP contribution is 2.33. The molecule has 1 fully saturated rings. The van der Waals surface area contributed by atoms with Gasteiger partial charge in [0.05, 0.1) is 36.8 Å². The first-order valence-electron chi connectivity index (χ1n) is 14.4. The van der Waals surface area contributed by atoms with E-state index in [2.05, 4.69) is 51.9 Å². The highest BCUT2D eigenvalue weighted by atomic mass is 16.5. The Kier molecular flexibility index (Phi) is 8.34. The SMILES string of the molecule is C#Cc1cccc(-c2cc(-c3cn(Cc4cccc(C5CCCC5)n4)nn3)cc(N[C@H](COC)c3ccccc3)n2)c1. The Morgan fingerprint density at radius 1 is 0.929 bits per heavy atom. The van der Waals surface area contributed by atoms with Crippen LogP contribution in [0.15, 0.2) is 91.1 Å². The lowest BCUT2D eigenvalue weighted by Crippen LogP contribution is -2.17. The molecule has 3 aromatic heterocycles. The molecule has 0 saturated heterocycles. The van der Waals surface area contributed by atoms with E-state index in [1.165, 1.54) is 31.4 Å². The molecule has 0 radical (unpaired) electrons. The molecular formula is C35H34N6O. The average molecular weight is 555 g/mol. The molecule has 0 aliphatic heterocycles. The Morgan fingerprint density at radius 3 is 2.57 bits per heavy atom. The van der Waals surface area contributed by atoms with Crippen molar-refractivity contribution in [2.45, 2.75) is 44.2 Å². The lowest BCUT2D eigenvalue weighted by molar-refractivity contribution is 0.186. The number of aromatic nitrogens is 5. The maximum Gasteiger partial charge on any atom is 0.127 e. The van der Waals surface area contributed by atoms with Gasteiger partial charge in [-0.2, -0.15) is 0 Å². The standard InChI is InChI=1S/C35H34N6O/c1-3-25-11-9-16-28(19-25)32-20-29(21-35(37-32)38-34(24-42-2)27-12-5-4-6-13-27)33-23-41(40-39-33)22-30-17-10-18-31(36-30)26-14-7-8-15-26/h1,4-6,9-13,16-21,23,26,34H,7-8,14-15,22,24H2,2H3,(H,37,38)/t34-/m1/s1. The first kappa shape index (κ1) is 27.4. The van der Waals surface area contributed by atoms with Crippen LogP contribution in [0.2, 0.25) is 0 Å². The summed E-state index contributed by atoms with van der Waals surface area (Å²) in [5.74, 6) is 4.01. The topological polar surface area (TPSA) is 77.8 Å². The molecule has 0 amide bonds. The van der Waals surface area contributed by atoms with Gasteiger partial charge in [-0.1, -0.05) is 72.5 Å². The first-order valence-corrected chi connectivity index (χ1v) is 14.4. The molecule has 1 N–H and O–H groups in total. The molecule has 1 aliphatic rings. The van der Waals surface area contributed by atoms with E-state index in [9.17, 15) is 0 Å². The minimum Gasteiger partial charge on any atom is -0.382 e. The van der Waals surface area contributed by atoms with Crippen molar-refractivity contribution in [2.75, 3.05) is 19.0 Å². The normalized spacial score (nSPS) is 14.0. The van der Waals surface area contributed by atoms with E-state index in [0.717, 1.165) is 39.3 Å². The molecule has 7 heteroatoms. The van der Waals surface area contributed by atoms with Crippen molar-refractivity contribution in [3.8, 4) is 34.9 Å². The number of terminal acetylenes is 1. The van der Waals surface area contributed by atoms with Gasteiger partial charge in [0.2, 0.25) is 0 Å². The Labute approximate surface area is 247 Å². The van der Waals surface area contributed by atoms with Crippen LogP contribution in [-0.4, -0.2) is 38.7 Å². The Morgan fingerprint density at radius 2 is 1.76 bits per heavy atom. The molecule has 42 heavy (non-hydrogen) atoms. The van der Waals surface area contributed by atoms with E-state index in [4.69, 9.17) is 21.1 Å². The van der Waals surface area contributed by atoms with Crippen LogP contribution < -0.4 is 5.32 Å². The molecule has 0 spiro atoms. The van der Waals surface area contributed by atoms with Gasteiger partial charge < -0.3 is 10.1 Å². The molecule has 2 aromatic carbocycles. The summed E-state index contributed by atoms with van der Waals surface area (Å²) in [7, 11) is 1.70. The number of benzene rings is 2. The largest absolute Gasteiger partial charge is 0.382 e. The number of hydrogen-bond acceptors (Lipinski definition) is 6. The summed E-state index contributed by atoms with van der Waals surface area (Å²) < 4.78 is 7.39. The van der Waals surface area contributed by atoms with Crippen molar-refractivity contribution < 1.29 is 4.74 Å². The molecular weight excluding hydrogens is 520 g/mol. The Bertz CT molecular complexity index is 1680. The summed E-state index contributed by atoms with van der Waals surface area (Å²) in [4.78, 5) is 9.93. The number of anilines is 1. The van der Waals surface area contributed by atoms with E-state index in [1.54, 1.807) is 7.11 Å². The van der Waals surface area contributed by atoms with Gasteiger partial charge in [0, 0.05) is 35.4 Å². The number of rotatable bonds is 10. The maximum atomic E-state index is 5.70. The smallest absolute Gasteiger partial charge is 0.127 e. The van der Waals surface area contributed by atoms with E-state index in [-0.39, 0.29) is 6.04 Å². The number of methoxy groups -OCH3 is 1. The summed E-state index contributed by atoms with van der Waals surface area (Å²) in [5.41, 5.74) is 7.47.